The first kappa shape index (κ1) is 14.3. The maximum Gasteiger partial charge on any atom is 0.240 e. The number of imide groups is 1. The number of nitrogens with one attached hydrogen (secondary N) is 1. The summed E-state index contributed by atoms with van der Waals surface area (Å²) in [6.45, 7) is 1.29. The molecule has 0 radical (unpaired) electrons. The molecule has 0 atom stereocenters. The van der Waals surface area contributed by atoms with Crippen molar-refractivity contribution in [2.24, 2.45) is 5.73 Å². The molecule has 3 N–H and O–H groups in total. The Labute approximate surface area is 107 Å². The van der Waals surface area contributed by atoms with Crippen molar-refractivity contribution in [3.05, 3.63) is 35.9 Å². The van der Waals surface area contributed by atoms with Gasteiger partial charge in [0, 0.05) is 13.1 Å². The molecule has 1 aromatic carbocycles. The molecule has 0 aliphatic rings. The first-order chi connectivity index (χ1) is 8.61. The lowest BCUT2D eigenvalue weighted by atomic mass is 10.1. The lowest BCUT2D eigenvalue weighted by Crippen LogP contribution is -2.40. The van der Waals surface area contributed by atoms with Crippen molar-refractivity contribution in [2.75, 3.05) is 26.7 Å². The summed E-state index contributed by atoms with van der Waals surface area (Å²) in [5.74, 6) is -0.584. The number of nitrogens with zero attached hydrogens (tertiary/aromatic N) is 1. The van der Waals surface area contributed by atoms with Crippen molar-refractivity contribution in [1.29, 1.82) is 0 Å². The Hall–Kier alpha value is -1.72. The number of hydrogen-bond acceptors (Lipinski definition) is 4. The fourth-order valence-corrected chi connectivity index (χ4v) is 1.57. The van der Waals surface area contributed by atoms with Crippen LogP contribution in [0.3, 0.4) is 0 Å². The van der Waals surface area contributed by atoms with Gasteiger partial charge in [-0.1, -0.05) is 30.3 Å². The van der Waals surface area contributed by atoms with Gasteiger partial charge in [-0.25, -0.2) is 0 Å². The van der Waals surface area contributed by atoms with E-state index in [0.29, 0.717) is 13.1 Å². The lowest BCUT2D eigenvalue weighted by Gasteiger charge is -2.14. The molecule has 2 amide bonds. The monoisotopic (exact) mass is 249 g/mol. The third-order valence-electron chi connectivity index (χ3n) is 2.41. The highest BCUT2D eigenvalue weighted by atomic mass is 16.2. The van der Waals surface area contributed by atoms with E-state index in [1.807, 2.05) is 30.3 Å². The molecular formula is C13H19N3O2. The molecule has 1 aromatic rings. The van der Waals surface area contributed by atoms with Crippen molar-refractivity contribution < 1.29 is 9.59 Å². The van der Waals surface area contributed by atoms with E-state index in [9.17, 15) is 9.59 Å². The van der Waals surface area contributed by atoms with E-state index >= 15 is 0 Å². The largest absolute Gasteiger partial charge is 0.329 e. The van der Waals surface area contributed by atoms with Gasteiger partial charge in [-0.2, -0.15) is 0 Å². The van der Waals surface area contributed by atoms with Crippen LogP contribution in [-0.2, 0) is 16.0 Å². The molecule has 0 bridgehead atoms. The highest BCUT2D eigenvalue weighted by Crippen LogP contribution is 1.98. The Balaban J connectivity index is 2.34. The zero-order valence-corrected chi connectivity index (χ0v) is 10.6. The van der Waals surface area contributed by atoms with Gasteiger partial charge in [0.2, 0.25) is 11.8 Å². The molecule has 0 aromatic heterocycles. The van der Waals surface area contributed by atoms with Gasteiger partial charge in [-0.05, 0) is 12.6 Å². The minimum atomic E-state index is -0.299. The second-order valence-corrected chi connectivity index (χ2v) is 4.16. The van der Waals surface area contributed by atoms with Gasteiger partial charge in [-0.15, -0.1) is 0 Å². The zero-order chi connectivity index (χ0) is 13.4. The van der Waals surface area contributed by atoms with E-state index in [4.69, 9.17) is 5.73 Å². The Bertz CT molecular complexity index is 392. The summed E-state index contributed by atoms with van der Waals surface area (Å²) in [5.41, 5.74) is 6.26. The molecule has 0 heterocycles. The van der Waals surface area contributed by atoms with Crippen LogP contribution in [0.1, 0.15) is 5.56 Å². The number of rotatable bonds is 6. The van der Waals surface area contributed by atoms with Crippen LogP contribution in [-0.4, -0.2) is 43.4 Å². The molecule has 5 nitrogen and oxygen atoms in total. The quantitative estimate of drug-likeness (QED) is 0.730. The molecule has 5 heteroatoms. The minimum absolute atomic E-state index is 0.178. The number of nitrogens with two attached hydrogens (primary N) is 1. The van der Waals surface area contributed by atoms with E-state index in [2.05, 4.69) is 5.32 Å². The average molecular weight is 249 g/mol. The summed E-state index contributed by atoms with van der Waals surface area (Å²) in [4.78, 5) is 24.9. The third kappa shape index (κ3) is 5.56. The van der Waals surface area contributed by atoms with E-state index in [1.165, 1.54) is 0 Å². The van der Waals surface area contributed by atoms with Gasteiger partial charge < -0.3 is 5.73 Å². The van der Waals surface area contributed by atoms with E-state index in [-0.39, 0.29) is 24.8 Å². The average Bonchev–Trinajstić information content (AvgIpc) is 2.29. The molecule has 18 heavy (non-hydrogen) atoms. The van der Waals surface area contributed by atoms with Crippen molar-refractivity contribution in [3.8, 4) is 0 Å². The van der Waals surface area contributed by atoms with Crippen molar-refractivity contribution >= 4 is 11.8 Å². The SMILES string of the molecule is CN(CCN)CC(=O)NC(=O)Cc1ccccc1. The van der Waals surface area contributed by atoms with Crippen LogP contribution in [0.25, 0.3) is 0 Å². The smallest absolute Gasteiger partial charge is 0.240 e. The van der Waals surface area contributed by atoms with Crippen LogP contribution >= 0.6 is 0 Å². The summed E-state index contributed by atoms with van der Waals surface area (Å²) in [5, 5.41) is 2.36. The summed E-state index contributed by atoms with van der Waals surface area (Å²) in [7, 11) is 1.79. The van der Waals surface area contributed by atoms with Crippen molar-refractivity contribution in [2.45, 2.75) is 6.42 Å². The Morgan fingerprint density at radius 3 is 2.50 bits per heavy atom. The number of benzene rings is 1. The van der Waals surface area contributed by atoms with Crippen LogP contribution in [0, 0.1) is 0 Å². The summed E-state index contributed by atoms with van der Waals surface area (Å²) < 4.78 is 0. The second-order valence-electron chi connectivity index (χ2n) is 4.16. The number of likely N-dealkylation sites (N-methyl/N-ethyl adjacent to an activating group) is 1. The van der Waals surface area contributed by atoms with Gasteiger partial charge >= 0.3 is 0 Å². The van der Waals surface area contributed by atoms with Gasteiger partial charge in [0.05, 0.1) is 13.0 Å². The minimum Gasteiger partial charge on any atom is -0.329 e. The Morgan fingerprint density at radius 2 is 1.89 bits per heavy atom. The summed E-state index contributed by atoms with van der Waals surface area (Å²) >= 11 is 0. The van der Waals surface area contributed by atoms with Gasteiger partial charge in [-0.3, -0.25) is 19.8 Å². The van der Waals surface area contributed by atoms with Gasteiger partial charge in [0.1, 0.15) is 0 Å². The van der Waals surface area contributed by atoms with Crippen LogP contribution in [0.15, 0.2) is 30.3 Å². The lowest BCUT2D eigenvalue weighted by molar-refractivity contribution is -0.130. The maximum atomic E-state index is 11.6. The van der Waals surface area contributed by atoms with Crippen LogP contribution in [0.4, 0.5) is 0 Å². The fourth-order valence-electron chi connectivity index (χ4n) is 1.57. The van der Waals surface area contributed by atoms with Gasteiger partial charge in [0.25, 0.3) is 0 Å². The number of carbonyl (C=O) groups is 2. The maximum absolute atomic E-state index is 11.6. The Kier molecular flexibility index (Phi) is 6.04. The second kappa shape index (κ2) is 7.58. The molecular weight excluding hydrogens is 230 g/mol. The molecule has 0 aliphatic carbocycles. The van der Waals surface area contributed by atoms with E-state index in [0.717, 1.165) is 5.56 Å². The number of carbonyl (C=O) groups excluding carboxylic acids is 2. The molecule has 0 spiro atoms. The third-order valence-corrected chi connectivity index (χ3v) is 2.41. The molecule has 0 saturated heterocycles. The predicted molar refractivity (Wildman–Crippen MR) is 69.8 cm³/mol. The molecule has 0 fully saturated rings. The zero-order valence-electron chi connectivity index (χ0n) is 10.6. The highest BCUT2D eigenvalue weighted by Gasteiger charge is 2.10. The van der Waals surface area contributed by atoms with Crippen LogP contribution in [0.5, 0.6) is 0 Å². The predicted octanol–water partition coefficient (Wildman–Crippen LogP) is -0.238. The van der Waals surface area contributed by atoms with Crippen molar-refractivity contribution in [3.63, 3.8) is 0 Å². The van der Waals surface area contributed by atoms with E-state index in [1.54, 1.807) is 11.9 Å². The summed E-state index contributed by atoms with van der Waals surface area (Å²) in [6, 6.07) is 9.31. The summed E-state index contributed by atoms with van der Waals surface area (Å²) in [6.07, 6.45) is 0.215. The highest BCUT2D eigenvalue weighted by molar-refractivity contribution is 5.96. The number of hydrogen-bond donors (Lipinski definition) is 2. The van der Waals surface area contributed by atoms with Crippen LogP contribution in [0.2, 0.25) is 0 Å². The topological polar surface area (TPSA) is 75.4 Å². The number of amides is 2. The van der Waals surface area contributed by atoms with Crippen LogP contribution < -0.4 is 11.1 Å². The first-order valence-corrected chi connectivity index (χ1v) is 5.87. The molecule has 1 rings (SSSR count). The first-order valence-electron chi connectivity index (χ1n) is 5.87. The molecule has 0 unspecified atom stereocenters. The van der Waals surface area contributed by atoms with Crippen molar-refractivity contribution in [1.82, 2.24) is 10.2 Å². The van der Waals surface area contributed by atoms with E-state index < -0.39 is 0 Å². The molecule has 0 saturated carbocycles. The molecule has 0 aliphatic heterocycles. The fraction of sp³-hybridized carbons (Fsp3) is 0.385. The Morgan fingerprint density at radius 1 is 1.22 bits per heavy atom. The standard InChI is InChI=1S/C13H19N3O2/c1-16(8-7-14)10-13(18)15-12(17)9-11-5-3-2-4-6-11/h2-6H,7-10,14H2,1H3,(H,15,17,18). The normalized spacial score (nSPS) is 10.4. The van der Waals surface area contributed by atoms with Gasteiger partial charge in [0.15, 0.2) is 0 Å². The molecule has 98 valence electrons.